The van der Waals surface area contributed by atoms with Crippen LogP contribution >= 0.6 is 0 Å². The van der Waals surface area contributed by atoms with Crippen LogP contribution in [0.25, 0.3) is 0 Å². The second-order valence-corrected chi connectivity index (χ2v) is 18.0. The lowest BCUT2D eigenvalue weighted by Gasteiger charge is -2.47. The Balaban J connectivity index is 1.47. The second-order valence-electron chi connectivity index (χ2n) is 18.0. The Labute approximate surface area is 357 Å². The number of ether oxygens (including phenoxy) is 6. The summed E-state index contributed by atoms with van der Waals surface area (Å²) in [7, 11) is 6.94. The minimum atomic E-state index is -1.74. The van der Waals surface area contributed by atoms with Gasteiger partial charge in [0.1, 0.15) is 29.7 Å². The molecule has 342 valence electrons. The molecule has 16 nitrogen and oxygen atoms in total. The van der Waals surface area contributed by atoms with E-state index >= 15 is 0 Å². The van der Waals surface area contributed by atoms with E-state index in [0.717, 1.165) is 17.0 Å². The second kappa shape index (κ2) is 22.0. The maximum absolute atomic E-state index is 13.8. The van der Waals surface area contributed by atoms with Gasteiger partial charge in [-0.2, -0.15) is 0 Å². The van der Waals surface area contributed by atoms with Crippen LogP contribution < -0.4 is 4.74 Å². The fourth-order valence-electron chi connectivity index (χ4n) is 9.16. The van der Waals surface area contributed by atoms with E-state index < -0.39 is 71.9 Å². The largest absolute Gasteiger partial charge is 0.497 e. The first-order valence-electron chi connectivity index (χ1n) is 21.6. The first-order chi connectivity index (χ1) is 28.2. The summed E-state index contributed by atoms with van der Waals surface area (Å²) in [6.07, 6.45) is -2.85. The number of benzene rings is 1. The fourth-order valence-corrected chi connectivity index (χ4v) is 9.16. The lowest BCUT2D eigenvalue weighted by atomic mass is 9.78. The molecule has 1 aromatic carbocycles. The Kier molecular flexibility index (Phi) is 18.3. The van der Waals surface area contributed by atoms with Crippen LogP contribution in [0.2, 0.25) is 0 Å². The summed E-state index contributed by atoms with van der Waals surface area (Å²) >= 11 is 0. The molecule has 16 heteroatoms. The van der Waals surface area contributed by atoms with Gasteiger partial charge in [-0.25, -0.2) is 4.68 Å². The molecule has 1 aromatic heterocycles. The molecule has 2 aliphatic heterocycles. The molecule has 3 heterocycles. The molecule has 60 heavy (non-hydrogen) atoms. The molecule has 14 atom stereocenters. The zero-order chi connectivity index (χ0) is 44.5. The van der Waals surface area contributed by atoms with Gasteiger partial charge in [0, 0.05) is 50.8 Å². The standard InChI is InChI=1S/C44H75N5O11/c1-13-36-44(8,54)39(51)31(6)48(10)24-27(2)23-43(7,53)40(29(4)38(56-12)30(5)41(52)59-36)60-42-37(50)35(22-28(3)58-42)47(9)19-18-33-25-49(46-45-33)20-21-57-26-32-14-16-34(55-11)17-15-32/h14-17,25,27-31,35-40,42,50-51,53-54H,13,18-24,26H2,1-12H3/t27-,28-,29+,30-,31-,35+,36-,37-,38+,39-,40-,42+,43-,44-/m1/s1. The van der Waals surface area contributed by atoms with Crippen LogP contribution in [-0.4, -0.2) is 165 Å². The van der Waals surface area contributed by atoms with Crippen molar-refractivity contribution >= 4 is 5.97 Å². The molecule has 0 saturated carbocycles. The van der Waals surface area contributed by atoms with Crippen LogP contribution in [0.5, 0.6) is 5.75 Å². The van der Waals surface area contributed by atoms with Gasteiger partial charge < -0.3 is 58.6 Å². The average molecular weight is 850 g/mol. The minimum Gasteiger partial charge on any atom is -0.497 e. The monoisotopic (exact) mass is 850 g/mol. The van der Waals surface area contributed by atoms with E-state index in [0.29, 0.717) is 45.7 Å². The number of hydrogen-bond donors (Lipinski definition) is 4. The van der Waals surface area contributed by atoms with E-state index in [9.17, 15) is 25.2 Å². The van der Waals surface area contributed by atoms with Gasteiger partial charge in [0.25, 0.3) is 0 Å². The van der Waals surface area contributed by atoms with Crippen molar-refractivity contribution < 1.29 is 53.6 Å². The highest BCUT2D eigenvalue weighted by molar-refractivity contribution is 5.73. The molecule has 4 N–H and O–H groups in total. The van der Waals surface area contributed by atoms with Gasteiger partial charge in [-0.05, 0) is 91.6 Å². The Bertz CT molecular complexity index is 1590. The van der Waals surface area contributed by atoms with Gasteiger partial charge in [0.2, 0.25) is 0 Å². The number of aromatic nitrogens is 3. The Morgan fingerprint density at radius 3 is 2.37 bits per heavy atom. The molecule has 0 bridgehead atoms. The molecule has 0 radical (unpaired) electrons. The third-order valence-electron chi connectivity index (χ3n) is 12.8. The van der Waals surface area contributed by atoms with Gasteiger partial charge in [0.05, 0.1) is 62.4 Å². The number of aliphatic hydroxyl groups excluding tert-OH is 2. The van der Waals surface area contributed by atoms with Gasteiger partial charge in [-0.1, -0.05) is 38.1 Å². The Morgan fingerprint density at radius 2 is 1.73 bits per heavy atom. The molecule has 0 unspecified atom stereocenters. The molecule has 0 amide bonds. The van der Waals surface area contributed by atoms with Crippen LogP contribution in [0.3, 0.4) is 0 Å². The summed E-state index contributed by atoms with van der Waals surface area (Å²) in [4.78, 5) is 17.8. The van der Waals surface area contributed by atoms with E-state index in [1.807, 2.05) is 77.2 Å². The molecule has 2 saturated heterocycles. The zero-order valence-electron chi connectivity index (χ0n) is 38.1. The van der Waals surface area contributed by atoms with E-state index in [-0.39, 0.29) is 30.9 Å². The van der Waals surface area contributed by atoms with Gasteiger partial charge in [-0.3, -0.25) is 4.79 Å². The normalized spacial score (nSPS) is 36.7. The van der Waals surface area contributed by atoms with Crippen molar-refractivity contribution in [2.75, 3.05) is 48.0 Å². The van der Waals surface area contributed by atoms with E-state index in [4.69, 9.17) is 28.4 Å². The van der Waals surface area contributed by atoms with Crippen molar-refractivity contribution in [1.29, 1.82) is 0 Å². The van der Waals surface area contributed by atoms with Crippen LogP contribution in [0.4, 0.5) is 0 Å². The van der Waals surface area contributed by atoms with Crippen molar-refractivity contribution in [3.63, 3.8) is 0 Å². The Morgan fingerprint density at radius 1 is 1.05 bits per heavy atom. The molecule has 0 aliphatic carbocycles. The first-order valence-corrected chi connectivity index (χ1v) is 21.6. The summed E-state index contributed by atoms with van der Waals surface area (Å²) in [6.45, 7) is 16.9. The van der Waals surface area contributed by atoms with Gasteiger partial charge in [-0.15, -0.1) is 5.10 Å². The van der Waals surface area contributed by atoms with Crippen LogP contribution in [0.1, 0.15) is 85.9 Å². The zero-order valence-corrected chi connectivity index (χ0v) is 38.1. The highest BCUT2D eigenvalue weighted by atomic mass is 16.7. The molecular formula is C44H75N5O11. The van der Waals surface area contributed by atoms with E-state index in [1.165, 1.54) is 14.0 Å². The number of aliphatic hydroxyl groups is 4. The van der Waals surface area contributed by atoms with Gasteiger partial charge in [0.15, 0.2) is 6.29 Å². The molecule has 2 aromatic rings. The number of cyclic esters (lactones) is 1. The molecule has 2 fully saturated rings. The lowest BCUT2D eigenvalue weighted by molar-refractivity contribution is -0.300. The number of esters is 1. The molecule has 0 spiro atoms. The Hall–Kier alpha value is -2.77. The van der Waals surface area contributed by atoms with Crippen molar-refractivity contribution in [2.45, 2.75) is 160 Å². The smallest absolute Gasteiger partial charge is 0.311 e. The predicted molar refractivity (Wildman–Crippen MR) is 225 cm³/mol. The average Bonchev–Trinajstić information content (AvgIpc) is 3.67. The lowest BCUT2D eigenvalue weighted by Crippen LogP contribution is -2.59. The quantitative estimate of drug-likeness (QED) is 0.160. The number of likely N-dealkylation sites (N-methyl/N-ethyl adjacent to an activating group) is 2. The van der Waals surface area contributed by atoms with Crippen LogP contribution in [0, 0.1) is 17.8 Å². The van der Waals surface area contributed by atoms with Crippen molar-refractivity contribution in [2.24, 2.45) is 17.8 Å². The van der Waals surface area contributed by atoms with Crippen LogP contribution in [-0.2, 0) is 48.1 Å². The van der Waals surface area contributed by atoms with Crippen molar-refractivity contribution in [3.05, 3.63) is 41.7 Å². The molecular weight excluding hydrogens is 775 g/mol. The van der Waals surface area contributed by atoms with Gasteiger partial charge >= 0.3 is 5.97 Å². The summed E-state index contributed by atoms with van der Waals surface area (Å²) in [5, 5.41) is 55.9. The third kappa shape index (κ3) is 12.7. The predicted octanol–water partition coefficient (Wildman–Crippen LogP) is 3.06. The number of methoxy groups -OCH3 is 2. The summed E-state index contributed by atoms with van der Waals surface area (Å²) in [6, 6.07) is 6.91. The number of carbonyl (C=O) groups is 1. The SMILES string of the molecule is CC[C@H]1OC(=O)[C@H](C)[C@@H](OC)[C@H](C)[C@@H](O[C@@H]2O[C@H](C)C[C@H](N(C)CCc3cn(CCOCc4ccc(OC)cc4)nn3)[C@H]2O)[C@](C)(O)C[C@@H](C)CN(C)[C@H](C)[C@@H](O)[C@]1(C)O. The molecule has 4 rings (SSSR count). The van der Waals surface area contributed by atoms with E-state index in [1.54, 1.807) is 32.6 Å². The number of hydrogen-bond acceptors (Lipinski definition) is 15. The third-order valence-corrected chi connectivity index (χ3v) is 12.8. The summed E-state index contributed by atoms with van der Waals surface area (Å²) in [5.41, 5.74) is -1.36. The van der Waals surface area contributed by atoms with Crippen molar-refractivity contribution in [1.82, 2.24) is 24.8 Å². The topological polar surface area (TPSA) is 191 Å². The van der Waals surface area contributed by atoms with E-state index in [2.05, 4.69) is 15.2 Å². The molecule has 2 aliphatic rings. The maximum atomic E-state index is 13.8. The maximum Gasteiger partial charge on any atom is 0.311 e. The highest BCUT2D eigenvalue weighted by Crippen LogP contribution is 2.37. The van der Waals surface area contributed by atoms with Crippen LogP contribution in [0.15, 0.2) is 30.5 Å². The number of rotatable bonds is 14. The minimum absolute atomic E-state index is 0.105. The number of carbonyl (C=O) groups excluding carboxylic acids is 1. The highest BCUT2D eigenvalue weighted by Gasteiger charge is 2.50. The first kappa shape index (κ1) is 49.9. The fraction of sp³-hybridized carbons (Fsp3) is 0.795. The van der Waals surface area contributed by atoms with Crippen molar-refractivity contribution in [3.8, 4) is 5.75 Å². The summed E-state index contributed by atoms with van der Waals surface area (Å²) in [5.74, 6) is -1.37. The number of nitrogens with zero attached hydrogens (tertiary/aromatic N) is 5. The summed E-state index contributed by atoms with van der Waals surface area (Å²) < 4.78 is 37.8.